The second-order valence-electron chi connectivity index (χ2n) is 5.63. The fraction of sp³-hybridized carbons (Fsp3) is 0.533. The number of nitrogens with zero attached hydrogens (tertiary/aromatic N) is 1. The number of aliphatic hydroxyl groups is 1. The highest BCUT2D eigenvalue weighted by Crippen LogP contribution is 2.28. The highest BCUT2D eigenvalue weighted by atomic mass is 16.3. The third-order valence-corrected chi connectivity index (χ3v) is 4.29. The Bertz CT molecular complexity index is 462. The number of fused-ring (bicyclic) bond motifs is 1. The van der Waals surface area contributed by atoms with Gasteiger partial charge in [0.25, 0.3) is 0 Å². The van der Waals surface area contributed by atoms with Crippen LogP contribution in [-0.2, 0) is 11.2 Å². The zero-order valence-corrected chi connectivity index (χ0v) is 11.2. The van der Waals surface area contributed by atoms with Crippen LogP contribution in [-0.4, -0.2) is 41.1 Å². The maximum atomic E-state index is 12.5. The molecule has 2 N–H and O–H groups in total. The van der Waals surface area contributed by atoms with Crippen LogP contribution in [0.15, 0.2) is 24.3 Å². The van der Waals surface area contributed by atoms with Crippen LogP contribution in [0.5, 0.6) is 0 Å². The van der Waals surface area contributed by atoms with E-state index in [-0.39, 0.29) is 24.0 Å². The van der Waals surface area contributed by atoms with Crippen LogP contribution in [0, 0.1) is 5.92 Å². The van der Waals surface area contributed by atoms with Gasteiger partial charge in [-0.3, -0.25) is 4.79 Å². The van der Waals surface area contributed by atoms with Gasteiger partial charge in [-0.1, -0.05) is 18.2 Å². The summed E-state index contributed by atoms with van der Waals surface area (Å²) in [4.78, 5) is 14.4. The van der Waals surface area contributed by atoms with Crippen LogP contribution in [0.3, 0.4) is 0 Å². The van der Waals surface area contributed by atoms with Crippen molar-refractivity contribution < 1.29 is 9.90 Å². The molecule has 1 aromatic carbocycles. The number of nitrogens with one attached hydrogen (secondary N) is 1. The predicted molar refractivity (Wildman–Crippen MR) is 73.9 cm³/mol. The van der Waals surface area contributed by atoms with Crippen LogP contribution in [0.2, 0.25) is 0 Å². The lowest BCUT2D eigenvalue weighted by Crippen LogP contribution is -2.41. The van der Waals surface area contributed by atoms with Gasteiger partial charge in [-0.05, 0) is 25.0 Å². The smallest absolute Gasteiger partial charge is 0.245 e. The monoisotopic (exact) mass is 260 g/mol. The second-order valence-corrected chi connectivity index (χ2v) is 5.63. The molecule has 1 amide bonds. The van der Waals surface area contributed by atoms with Gasteiger partial charge in [0.1, 0.15) is 6.04 Å². The number of likely N-dealkylation sites (tertiary alicyclic amines) is 1. The summed E-state index contributed by atoms with van der Waals surface area (Å²) in [6.07, 6.45) is 1.35. The van der Waals surface area contributed by atoms with Gasteiger partial charge in [0.15, 0.2) is 0 Å². The first-order valence-electron chi connectivity index (χ1n) is 6.96. The van der Waals surface area contributed by atoms with E-state index in [2.05, 4.69) is 11.4 Å². The number of hydrogen-bond donors (Lipinski definition) is 2. The van der Waals surface area contributed by atoms with Crippen LogP contribution >= 0.6 is 0 Å². The first kappa shape index (κ1) is 12.5. The van der Waals surface area contributed by atoms with Crippen molar-refractivity contribution >= 4 is 11.6 Å². The average Bonchev–Trinajstić information content (AvgIpc) is 3.04. The van der Waals surface area contributed by atoms with E-state index in [1.807, 2.05) is 30.0 Å². The molecule has 0 radical (unpaired) electrons. The van der Waals surface area contributed by atoms with Crippen molar-refractivity contribution in [2.24, 2.45) is 5.92 Å². The fourth-order valence-electron chi connectivity index (χ4n) is 3.05. The summed E-state index contributed by atoms with van der Waals surface area (Å²) in [5.74, 6) is 0.395. The van der Waals surface area contributed by atoms with Gasteiger partial charge in [0.2, 0.25) is 5.91 Å². The zero-order chi connectivity index (χ0) is 13.4. The lowest BCUT2D eigenvalue weighted by Gasteiger charge is -2.21. The van der Waals surface area contributed by atoms with Crippen LogP contribution in [0.1, 0.15) is 18.9 Å². The number of aliphatic hydroxyl groups excluding tert-OH is 1. The molecule has 2 aliphatic heterocycles. The van der Waals surface area contributed by atoms with Crippen LogP contribution < -0.4 is 5.32 Å². The zero-order valence-electron chi connectivity index (χ0n) is 11.2. The molecule has 2 heterocycles. The first-order chi connectivity index (χ1) is 9.15. The van der Waals surface area contributed by atoms with Crippen molar-refractivity contribution in [3.63, 3.8) is 0 Å². The molecule has 3 atom stereocenters. The Morgan fingerprint density at radius 3 is 2.95 bits per heavy atom. The molecule has 102 valence electrons. The van der Waals surface area contributed by atoms with E-state index in [9.17, 15) is 9.90 Å². The van der Waals surface area contributed by atoms with E-state index >= 15 is 0 Å². The third-order valence-electron chi connectivity index (χ3n) is 4.29. The number of benzene rings is 1. The summed E-state index contributed by atoms with van der Waals surface area (Å²) in [6.45, 7) is 3.26. The Hall–Kier alpha value is -1.55. The third kappa shape index (κ3) is 2.32. The Morgan fingerprint density at radius 2 is 2.26 bits per heavy atom. The minimum absolute atomic E-state index is 0.134. The molecule has 1 fully saturated rings. The maximum Gasteiger partial charge on any atom is 0.245 e. The average molecular weight is 260 g/mol. The van der Waals surface area contributed by atoms with Crippen molar-refractivity contribution in [1.29, 1.82) is 0 Å². The van der Waals surface area contributed by atoms with Gasteiger partial charge < -0.3 is 15.3 Å². The van der Waals surface area contributed by atoms with E-state index in [0.717, 1.165) is 25.1 Å². The van der Waals surface area contributed by atoms with E-state index < -0.39 is 0 Å². The molecule has 0 bridgehead atoms. The molecule has 0 spiro atoms. The molecule has 2 unspecified atom stereocenters. The Kier molecular flexibility index (Phi) is 3.19. The summed E-state index contributed by atoms with van der Waals surface area (Å²) in [5, 5.41) is 12.9. The summed E-state index contributed by atoms with van der Waals surface area (Å²) in [6, 6.07) is 7.94. The quantitative estimate of drug-likeness (QED) is 0.841. The van der Waals surface area contributed by atoms with Crippen LogP contribution in [0.4, 0.5) is 5.69 Å². The summed E-state index contributed by atoms with van der Waals surface area (Å²) in [7, 11) is 0. The van der Waals surface area contributed by atoms with Crippen LogP contribution in [0.25, 0.3) is 0 Å². The molecule has 1 saturated heterocycles. The number of hydrogen-bond acceptors (Lipinski definition) is 3. The van der Waals surface area contributed by atoms with Crippen molar-refractivity contribution in [2.45, 2.75) is 31.9 Å². The van der Waals surface area contributed by atoms with Crippen molar-refractivity contribution in [1.82, 2.24) is 4.90 Å². The molecule has 4 nitrogen and oxygen atoms in total. The van der Waals surface area contributed by atoms with E-state index in [0.29, 0.717) is 6.54 Å². The number of para-hydroxylation sites is 1. The Morgan fingerprint density at radius 1 is 1.47 bits per heavy atom. The number of rotatable bonds is 2. The van der Waals surface area contributed by atoms with Gasteiger partial charge in [0.05, 0.1) is 6.10 Å². The number of anilines is 1. The number of amides is 1. The molecule has 3 rings (SSSR count). The molecule has 0 aromatic heterocycles. The lowest BCUT2D eigenvalue weighted by atomic mass is 10.0. The molecule has 2 aliphatic rings. The highest BCUT2D eigenvalue weighted by Gasteiger charge is 2.35. The molecule has 1 aromatic rings. The minimum atomic E-state index is -0.327. The minimum Gasteiger partial charge on any atom is -0.393 e. The van der Waals surface area contributed by atoms with E-state index in [1.54, 1.807) is 0 Å². The summed E-state index contributed by atoms with van der Waals surface area (Å²) >= 11 is 0. The maximum absolute atomic E-state index is 12.5. The van der Waals surface area contributed by atoms with E-state index in [4.69, 9.17) is 0 Å². The van der Waals surface area contributed by atoms with Crippen molar-refractivity contribution in [3.8, 4) is 0 Å². The van der Waals surface area contributed by atoms with Gasteiger partial charge in [0, 0.05) is 31.1 Å². The standard InChI is InChI=1S/C15H20N2O2/c1-10(18)12-6-7-17(9-12)15(19)14-8-11-4-2-3-5-13(11)16-14/h2-5,10,12,14,16,18H,6-9H2,1H3/t10?,12?,14-/m0/s1. The molecule has 0 aliphatic carbocycles. The SMILES string of the molecule is CC(O)C1CCN(C(=O)[C@@H]2Cc3ccccc3N2)C1. The van der Waals surface area contributed by atoms with Gasteiger partial charge >= 0.3 is 0 Å². The molecular formula is C15H20N2O2. The first-order valence-corrected chi connectivity index (χ1v) is 6.96. The predicted octanol–water partition coefficient (Wildman–Crippen LogP) is 1.25. The molecule has 0 saturated carbocycles. The number of carbonyl (C=O) groups is 1. The largest absolute Gasteiger partial charge is 0.393 e. The normalized spacial score (nSPS) is 26.9. The van der Waals surface area contributed by atoms with E-state index in [1.165, 1.54) is 5.56 Å². The van der Waals surface area contributed by atoms with Crippen molar-refractivity contribution in [2.75, 3.05) is 18.4 Å². The highest BCUT2D eigenvalue weighted by molar-refractivity contribution is 5.87. The molecule has 19 heavy (non-hydrogen) atoms. The summed E-state index contributed by atoms with van der Waals surface area (Å²) < 4.78 is 0. The fourth-order valence-corrected chi connectivity index (χ4v) is 3.05. The molecule has 4 heteroatoms. The Labute approximate surface area is 113 Å². The van der Waals surface area contributed by atoms with Crippen molar-refractivity contribution in [3.05, 3.63) is 29.8 Å². The van der Waals surface area contributed by atoms with Gasteiger partial charge in [-0.25, -0.2) is 0 Å². The Balaban J connectivity index is 1.64. The molecular weight excluding hydrogens is 240 g/mol. The van der Waals surface area contributed by atoms with Gasteiger partial charge in [-0.15, -0.1) is 0 Å². The lowest BCUT2D eigenvalue weighted by molar-refractivity contribution is -0.131. The topological polar surface area (TPSA) is 52.6 Å². The summed E-state index contributed by atoms with van der Waals surface area (Å²) in [5.41, 5.74) is 2.29. The second kappa shape index (κ2) is 4.85. The van der Waals surface area contributed by atoms with Gasteiger partial charge in [-0.2, -0.15) is 0 Å². The number of carbonyl (C=O) groups excluding carboxylic acids is 1.